The first-order valence-electron chi connectivity index (χ1n) is 10.7. The van der Waals surface area contributed by atoms with Gasteiger partial charge in [0.2, 0.25) is 11.5 Å². The van der Waals surface area contributed by atoms with Crippen molar-refractivity contribution in [3.05, 3.63) is 82.2 Å². The van der Waals surface area contributed by atoms with Crippen molar-refractivity contribution >= 4 is 11.6 Å². The van der Waals surface area contributed by atoms with Gasteiger partial charge < -0.3 is 10.5 Å². The third kappa shape index (κ3) is 3.75. The van der Waals surface area contributed by atoms with Crippen LogP contribution in [0.2, 0.25) is 0 Å². The Morgan fingerprint density at radius 1 is 1.00 bits per heavy atom. The van der Waals surface area contributed by atoms with E-state index in [-0.39, 0.29) is 18.2 Å². The number of aromatic nitrogens is 7. The van der Waals surface area contributed by atoms with Gasteiger partial charge in [0.25, 0.3) is 0 Å². The average molecular weight is 456 g/mol. The number of ether oxygens (including phenoxy) is 1. The van der Waals surface area contributed by atoms with Gasteiger partial charge in [-0.05, 0) is 37.6 Å². The Bertz CT molecular complexity index is 1540. The van der Waals surface area contributed by atoms with Crippen LogP contribution in [0.3, 0.4) is 0 Å². The van der Waals surface area contributed by atoms with Crippen molar-refractivity contribution < 1.29 is 9.14 Å². The SMILES string of the molecule is COc1ccc(Cn2[nH]c3c(-c4cc(C)nc(C)c4)c(-c4ccccc4)nc(N)[n+]3c2=O)nn1. The molecule has 4 heterocycles. The summed E-state index contributed by atoms with van der Waals surface area (Å²) in [6.07, 6.45) is 0. The third-order valence-corrected chi connectivity index (χ3v) is 5.46. The lowest BCUT2D eigenvalue weighted by molar-refractivity contribution is -0.516. The first kappa shape index (κ1) is 21.3. The van der Waals surface area contributed by atoms with Crippen LogP contribution >= 0.6 is 0 Å². The average Bonchev–Trinajstić information content (AvgIpc) is 3.15. The van der Waals surface area contributed by atoms with E-state index >= 15 is 0 Å². The van der Waals surface area contributed by atoms with Crippen LogP contribution in [0.25, 0.3) is 28.0 Å². The minimum absolute atomic E-state index is 0.0842. The number of hydrogen-bond donors (Lipinski definition) is 2. The highest BCUT2D eigenvalue weighted by atomic mass is 16.5. The van der Waals surface area contributed by atoms with Crippen molar-refractivity contribution in [3.8, 4) is 28.3 Å². The molecule has 170 valence electrons. The zero-order chi connectivity index (χ0) is 23.8. The van der Waals surface area contributed by atoms with Crippen LogP contribution < -0.4 is 20.6 Å². The summed E-state index contributed by atoms with van der Waals surface area (Å²) in [7, 11) is 1.52. The maximum absolute atomic E-state index is 13.3. The molecule has 5 rings (SSSR count). The van der Waals surface area contributed by atoms with Gasteiger partial charge in [-0.3, -0.25) is 4.98 Å². The Hall–Kier alpha value is -4.60. The van der Waals surface area contributed by atoms with E-state index < -0.39 is 0 Å². The number of H-pyrrole nitrogens is 1. The maximum Gasteiger partial charge on any atom is 0.428 e. The van der Waals surface area contributed by atoms with Crippen LogP contribution in [0, 0.1) is 13.8 Å². The highest BCUT2D eigenvalue weighted by Gasteiger charge is 2.26. The fourth-order valence-corrected chi connectivity index (χ4v) is 4.02. The number of nitrogen functional groups attached to an aromatic ring is 1. The maximum atomic E-state index is 13.3. The number of benzene rings is 1. The van der Waals surface area contributed by atoms with Crippen LogP contribution in [0.15, 0.2) is 59.4 Å². The molecule has 0 saturated heterocycles. The Kier molecular flexibility index (Phi) is 5.25. The number of rotatable bonds is 5. The molecule has 10 heteroatoms. The van der Waals surface area contributed by atoms with Gasteiger partial charge in [0.05, 0.1) is 18.4 Å². The monoisotopic (exact) mass is 455 g/mol. The summed E-state index contributed by atoms with van der Waals surface area (Å²) in [5.41, 5.74) is 12.0. The van der Waals surface area contributed by atoms with Gasteiger partial charge in [-0.2, -0.15) is 4.68 Å². The van der Waals surface area contributed by atoms with Crippen molar-refractivity contribution in [2.75, 3.05) is 12.8 Å². The summed E-state index contributed by atoms with van der Waals surface area (Å²) in [6, 6.07) is 17.1. The molecule has 0 unspecified atom stereocenters. The Morgan fingerprint density at radius 3 is 2.38 bits per heavy atom. The topological polar surface area (TPSA) is 129 Å². The number of pyridine rings is 1. The molecule has 3 N–H and O–H groups in total. The number of nitrogens with two attached hydrogens (primary N) is 1. The van der Waals surface area contributed by atoms with Crippen LogP contribution in [0.5, 0.6) is 5.88 Å². The second-order valence-electron chi connectivity index (χ2n) is 7.93. The van der Waals surface area contributed by atoms with E-state index in [1.807, 2.05) is 56.3 Å². The highest BCUT2D eigenvalue weighted by molar-refractivity contribution is 5.88. The summed E-state index contributed by atoms with van der Waals surface area (Å²) >= 11 is 0. The lowest BCUT2D eigenvalue weighted by Gasteiger charge is -2.10. The predicted octanol–water partition coefficient (Wildman–Crippen LogP) is 2.09. The zero-order valence-electron chi connectivity index (χ0n) is 19.0. The zero-order valence-corrected chi connectivity index (χ0v) is 19.0. The molecule has 0 aliphatic heterocycles. The van der Waals surface area contributed by atoms with Gasteiger partial charge in [-0.15, -0.1) is 19.6 Å². The minimum Gasteiger partial charge on any atom is -0.480 e. The first-order valence-corrected chi connectivity index (χ1v) is 10.7. The highest BCUT2D eigenvalue weighted by Crippen LogP contribution is 2.33. The second kappa shape index (κ2) is 8.39. The van der Waals surface area contributed by atoms with Crippen molar-refractivity contribution in [1.82, 2.24) is 29.9 Å². The van der Waals surface area contributed by atoms with Gasteiger partial charge >= 0.3 is 11.6 Å². The van der Waals surface area contributed by atoms with E-state index in [2.05, 4.69) is 25.3 Å². The first-order chi connectivity index (χ1) is 16.4. The molecule has 0 aliphatic carbocycles. The minimum atomic E-state index is -0.360. The molecule has 4 aromatic heterocycles. The molecule has 0 amide bonds. The number of nitrogens with one attached hydrogen (secondary N) is 1. The quantitative estimate of drug-likeness (QED) is 0.388. The summed E-state index contributed by atoms with van der Waals surface area (Å²) in [6.45, 7) is 4.04. The molecule has 34 heavy (non-hydrogen) atoms. The van der Waals surface area contributed by atoms with Crippen LogP contribution in [0.1, 0.15) is 17.1 Å². The molecular weight excluding hydrogens is 432 g/mol. The standard InChI is InChI=1S/C24H22N8O2/c1-14-11-17(12-15(2)26-14)20-21(16-7-5-4-6-8-16)27-23(25)32-22(20)30-31(24(32)33)13-18-9-10-19(34-3)29-28-18/h4-12H,13H2,1-3H3,(H2,25,26,27,30)/p+1. The van der Waals surface area contributed by atoms with E-state index in [0.717, 1.165) is 28.1 Å². The summed E-state index contributed by atoms with van der Waals surface area (Å²) in [4.78, 5) is 22.5. The number of hydrogen-bond acceptors (Lipinski definition) is 7. The molecule has 5 aromatic rings. The summed E-state index contributed by atoms with van der Waals surface area (Å²) in [5, 5.41) is 11.3. The number of methoxy groups -OCH3 is 1. The van der Waals surface area contributed by atoms with Crippen LogP contribution in [0.4, 0.5) is 5.95 Å². The molecule has 0 spiro atoms. The molecule has 0 aliphatic rings. The van der Waals surface area contributed by atoms with Gasteiger partial charge in [-0.25, -0.2) is 9.89 Å². The van der Waals surface area contributed by atoms with Crippen LogP contribution in [-0.4, -0.2) is 37.1 Å². The van der Waals surface area contributed by atoms with Crippen molar-refractivity contribution in [2.45, 2.75) is 20.4 Å². The Balaban J connectivity index is 1.77. The van der Waals surface area contributed by atoms with Gasteiger partial charge in [0.15, 0.2) is 0 Å². The summed E-state index contributed by atoms with van der Waals surface area (Å²) in [5.74, 6) is 0.481. The van der Waals surface area contributed by atoms with E-state index in [0.29, 0.717) is 22.9 Å². The predicted molar refractivity (Wildman–Crippen MR) is 126 cm³/mol. The molecule has 0 radical (unpaired) electrons. The molecule has 0 atom stereocenters. The Morgan fingerprint density at radius 2 is 1.74 bits per heavy atom. The fraction of sp³-hybridized carbons (Fsp3) is 0.167. The Labute approximate surface area is 194 Å². The largest absolute Gasteiger partial charge is 0.480 e. The lowest BCUT2D eigenvalue weighted by atomic mass is 9.99. The molecule has 0 fully saturated rings. The van der Waals surface area contributed by atoms with Crippen LogP contribution in [-0.2, 0) is 6.54 Å². The van der Waals surface area contributed by atoms with Crippen molar-refractivity contribution in [3.63, 3.8) is 0 Å². The van der Waals surface area contributed by atoms with E-state index in [1.165, 1.54) is 16.2 Å². The lowest BCUT2D eigenvalue weighted by Crippen LogP contribution is -2.44. The number of nitrogens with zero attached hydrogens (tertiary/aromatic N) is 6. The molecular formula is C24H23N8O2+. The van der Waals surface area contributed by atoms with Gasteiger partial charge in [-0.1, -0.05) is 30.3 Å². The number of aryl methyl sites for hydroxylation is 2. The third-order valence-electron chi connectivity index (χ3n) is 5.46. The van der Waals surface area contributed by atoms with E-state index in [1.54, 1.807) is 12.1 Å². The van der Waals surface area contributed by atoms with Gasteiger partial charge in [0.1, 0.15) is 12.2 Å². The number of fused-ring (bicyclic) bond motifs is 1. The summed E-state index contributed by atoms with van der Waals surface area (Å²) < 4.78 is 7.87. The van der Waals surface area contributed by atoms with E-state index in [4.69, 9.17) is 10.5 Å². The number of aromatic amines is 1. The van der Waals surface area contributed by atoms with Crippen molar-refractivity contribution in [2.24, 2.45) is 0 Å². The fourth-order valence-electron chi connectivity index (χ4n) is 4.02. The molecule has 0 bridgehead atoms. The molecule has 10 nitrogen and oxygen atoms in total. The van der Waals surface area contributed by atoms with E-state index in [9.17, 15) is 4.79 Å². The normalized spacial score (nSPS) is 11.1. The molecule has 0 saturated carbocycles. The van der Waals surface area contributed by atoms with Crippen molar-refractivity contribution in [1.29, 1.82) is 0 Å². The number of anilines is 1. The second-order valence-corrected chi connectivity index (χ2v) is 7.93. The van der Waals surface area contributed by atoms with Gasteiger partial charge in [0, 0.05) is 23.0 Å². The smallest absolute Gasteiger partial charge is 0.428 e. The molecule has 1 aromatic carbocycles.